The number of fused-ring (bicyclic) bond motifs is 1. The normalized spacial score (nSPS) is 17.3. The lowest BCUT2D eigenvalue weighted by molar-refractivity contribution is 0.0840. The predicted octanol–water partition coefficient (Wildman–Crippen LogP) is 3.73. The fourth-order valence-corrected chi connectivity index (χ4v) is 3.67. The molecule has 0 bridgehead atoms. The number of benzene rings is 1. The van der Waals surface area contributed by atoms with Gasteiger partial charge in [-0.3, -0.25) is 4.79 Å². The zero-order chi connectivity index (χ0) is 15.0. The standard InChI is InChI=1S/C15H16Br2N2O2/c16-11-5-9-10(7-18-13(9)6-12(11)17)14(21)19-15(8-20)3-1-2-4-15/h5-7,18,20H,1-4,8H2,(H,19,21). The Morgan fingerprint density at radius 1 is 1.29 bits per heavy atom. The SMILES string of the molecule is O=C(NC1(CO)CCCC1)c1c[nH]c2cc(Br)c(Br)cc12. The number of aliphatic hydroxyl groups is 1. The second-order valence-corrected chi connectivity index (χ2v) is 7.32. The molecule has 1 fully saturated rings. The summed E-state index contributed by atoms with van der Waals surface area (Å²) >= 11 is 6.92. The summed E-state index contributed by atoms with van der Waals surface area (Å²) in [7, 11) is 0. The molecule has 4 nitrogen and oxygen atoms in total. The first-order valence-corrected chi connectivity index (χ1v) is 8.53. The molecule has 6 heteroatoms. The fraction of sp³-hybridized carbons (Fsp3) is 0.400. The van der Waals surface area contributed by atoms with E-state index in [-0.39, 0.29) is 12.5 Å². The van der Waals surface area contributed by atoms with Gasteiger partial charge in [-0.15, -0.1) is 0 Å². The molecule has 0 saturated heterocycles. The van der Waals surface area contributed by atoms with Crippen molar-refractivity contribution in [3.05, 3.63) is 32.8 Å². The molecule has 0 aliphatic heterocycles. The van der Waals surface area contributed by atoms with Crippen molar-refractivity contribution < 1.29 is 9.90 Å². The molecule has 1 aromatic heterocycles. The van der Waals surface area contributed by atoms with Crippen molar-refractivity contribution in [2.45, 2.75) is 31.2 Å². The quantitative estimate of drug-likeness (QED) is 0.714. The molecule has 1 heterocycles. The largest absolute Gasteiger partial charge is 0.394 e. The molecule has 1 saturated carbocycles. The molecule has 1 aliphatic carbocycles. The van der Waals surface area contributed by atoms with Crippen molar-refractivity contribution in [3.8, 4) is 0 Å². The summed E-state index contributed by atoms with van der Waals surface area (Å²) < 4.78 is 1.84. The number of halogens is 2. The van der Waals surface area contributed by atoms with E-state index in [2.05, 4.69) is 42.2 Å². The third kappa shape index (κ3) is 2.76. The molecule has 0 unspecified atom stereocenters. The number of nitrogens with one attached hydrogen (secondary N) is 2. The average Bonchev–Trinajstić information content (AvgIpc) is 3.07. The van der Waals surface area contributed by atoms with E-state index in [0.29, 0.717) is 5.56 Å². The Morgan fingerprint density at radius 3 is 2.62 bits per heavy atom. The highest BCUT2D eigenvalue weighted by molar-refractivity contribution is 9.13. The van der Waals surface area contributed by atoms with E-state index < -0.39 is 5.54 Å². The molecule has 21 heavy (non-hydrogen) atoms. The van der Waals surface area contributed by atoms with E-state index in [9.17, 15) is 9.90 Å². The number of aromatic amines is 1. The van der Waals surface area contributed by atoms with Crippen molar-refractivity contribution in [1.82, 2.24) is 10.3 Å². The molecule has 0 radical (unpaired) electrons. The molecule has 2 aromatic rings. The molecule has 1 amide bonds. The van der Waals surface area contributed by atoms with Crippen LogP contribution in [-0.2, 0) is 0 Å². The zero-order valence-corrected chi connectivity index (χ0v) is 14.6. The van der Waals surface area contributed by atoms with Crippen LogP contribution in [0.3, 0.4) is 0 Å². The van der Waals surface area contributed by atoms with E-state index in [4.69, 9.17) is 0 Å². The van der Waals surface area contributed by atoms with E-state index >= 15 is 0 Å². The Morgan fingerprint density at radius 2 is 1.95 bits per heavy atom. The van der Waals surface area contributed by atoms with Crippen LogP contribution in [0.1, 0.15) is 36.0 Å². The minimum absolute atomic E-state index is 0.00363. The molecule has 1 aliphatic rings. The Labute approximate surface area is 139 Å². The van der Waals surface area contributed by atoms with Crippen LogP contribution in [0.15, 0.2) is 27.3 Å². The maximum Gasteiger partial charge on any atom is 0.253 e. The van der Waals surface area contributed by atoms with Crippen LogP contribution in [0.5, 0.6) is 0 Å². The van der Waals surface area contributed by atoms with Crippen LogP contribution in [0.4, 0.5) is 0 Å². The number of carbonyl (C=O) groups is 1. The molecular formula is C15H16Br2N2O2. The van der Waals surface area contributed by atoms with Crippen LogP contribution in [0.2, 0.25) is 0 Å². The maximum absolute atomic E-state index is 12.6. The zero-order valence-electron chi connectivity index (χ0n) is 11.4. The van der Waals surface area contributed by atoms with Gasteiger partial charge in [0.2, 0.25) is 0 Å². The summed E-state index contributed by atoms with van der Waals surface area (Å²) in [5, 5.41) is 13.5. The lowest BCUT2D eigenvalue weighted by Crippen LogP contribution is -2.49. The van der Waals surface area contributed by atoms with Gasteiger partial charge in [-0.05, 0) is 56.8 Å². The molecular weight excluding hydrogens is 400 g/mol. The molecule has 0 spiro atoms. The van der Waals surface area contributed by atoms with Crippen molar-refractivity contribution in [2.24, 2.45) is 0 Å². The van der Waals surface area contributed by atoms with Gasteiger partial charge in [0, 0.05) is 26.0 Å². The number of amides is 1. The lowest BCUT2D eigenvalue weighted by Gasteiger charge is -2.27. The van der Waals surface area contributed by atoms with Crippen LogP contribution in [0.25, 0.3) is 10.9 Å². The van der Waals surface area contributed by atoms with Gasteiger partial charge in [-0.25, -0.2) is 0 Å². The van der Waals surface area contributed by atoms with Crippen LogP contribution in [-0.4, -0.2) is 28.1 Å². The van der Waals surface area contributed by atoms with Gasteiger partial charge in [-0.2, -0.15) is 0 Å². The molecule has 3 rings (SSSR count). The Bertz CT molecular complexity index is 690. The van der Waals surface area contributed by atoms with E-state index in [1.165, 1.54) is 0 Å². The summed E-state index contributed by atoms with van der Waals surface area (Å²) in [5.74, 6) is -0.133. The Kier molecular flexibility index (Phi) is 4.12. The van der Waals surface area contributed by atoms with Gasteiger partial charge >= 0.3 is 0 Å². The first-order chi connectivity index (χ1) is 10.0. The third-order valence-corrected chi connectivity index (χ3v) is 6.05. The molecule has 0 atom stereocenters. The average molecular weight is 416 g/mol. The van der Waals surface area contributed by atoms with Crippen LogP contribution < -0.4 is 5.32 Å². The smallest absolute Gasteiger partial charge is 0.253 e. The first kappa shape index (κ1) is 15.1. The minimum atomic E-state index is -0.451. The number of aliphatic hydroxyl groups excluding tert-OH is 1. The highest BCUT2D eigenvalue weighted by Gasteiger charge is 2.35. The summed E-state index contributed by atoms with van der Waals surface area (Å²) in [6.07, 6.45) is 5.50. The van der Waals surface area contributed by atoms with Crippen molar-refractivity contribution in [1.29, 1.82) is 0 Å². The van der Waals surface area contributed by atoms with Gasteiger partial charge in [0.1, 0.15) is 0 Å². The Hall–Kier alpha value is -0.850. The van der Waals surface area contributed by atoms with Gasteiger partial charge in [0.25, 0.3) is 5.91 Å². The number of rotatable bonds is 3. The van der Waals surface area contributed by atoms with Crippen LogP contribution >= 0.6 is 31.9 Å². The predicted molar refractivity (Wildman–Crippen MR) is 89.4 cm³/mol. The summed E-state index contributed by atoms with van der Waals surface area (Å²) in [6, 6.07) is 3.86. The van der Waals surface area contributed by atoms with Gasteiger partial charge in [-0.1, -0.05) is 12.8 Å². The first-order valence-electron chi connectivity index (χ1n) is 6.94. The highest BCUT2D eigenvalue weighted by atomic mass is 79.9. The summed E-state index contributed by atoms with van der Waals surface area (Å²) in [4.78, 5) is 15.7. The second-order valence-electron chi connectivity index (χ2n) is 5.61. The van der Waals surface area contributed by atoms with Gasteiger partial charge in [0.15, 0.2) is 0 Å². The fourth-order valence-electron chi connectivity index (χ4n) is 2.99. The van der Waals surface area contributed by atoms with Gasteiger partial charge < -0.3 is 15.4 Å². The topological polar surface area (TPSA) is 65.1 Å². The molecule has 3 N–H and O–H groups in total. The molecule has 1 aromatic carbocycles. The Balaban J connectivity index is 1.93. The van der Waals surface area contributed by atoms with E-state index in [1.807, 2.05) is 12.1 Å². The number of hydrogen-bond donors (Lipinski definition) is 3. The number of H-pyrrole nitrogens is 1. The number of carbonyl (C=O) groups excluding carboxylic acids is 1. The monoisotopic (exact) mass is 414 g/mol. The molecule has 112 valence electrons. The summed E-state index contributed by atoms with van der Waals surface area (Å²) in [6.45, 7) is -0.00363. The third-order valence-electron chi connectivity index (χ3n) is 4.21. The maximum atomic E-state index is 12.6. The van der Waals surface area contributed by atoms with Crippen molar-refractivity contribution in [3.63, 3.8) is 0 Å². The second kappa shape index (κ2) is 5.74. The van der Waals surface area contributed by atoms with Crippen molar-refractivity contribution in [2.75, 3.05) is 6.61 Å². The van der Waals surface area contributed by atoms with Gasteiger partial charge in [0.05, 0.1) is 17.7 Å². The van der Waals surface area contributed by atoms with E-state index in [0.717, 1.165) is 45.5 Å². The van der Waals surface area contributed by atoms with Crippen LogP contribution in [0, 0.1) is 0 Å². The number of hydrogen-bond acceptors (Lipinski definition) is 2. The van der Waals surface area contributed by atoms with E-state index in [1.54, 1.807) is 6.20 Å². The minimum Gasteiger partial charge on any atom is -0.394 e. The highest BCUT2D eigenvalue weighted by Crippen LogP contribution is 2.32. The van der Waals surface area contributed by atoms with Crippen molar-refractivity contribution >= 4 is 48.7 Å². The number of aromatic nitrogens is 1. The summed E-state index contributed by atoms with van der Waals surface area (Å²) in [5.41, 5.74) is 1.06. The lowest BCUT2D eigenvalue weighted by atomic mass is 9.98.